The minimum absolute atomic E-state index is 0.279. The number of nitrogens with zero attached hydrogens (tertiary/aromatic N) is 1. The number of hydrogen-bond acceptors (Lipinski definition) is 2. The standard InChI is InChI=1S/C14H22N2/c1-12-4-6-13(7-5-12)10-14(15)11-16-8-2-3-9-16/h4-7,14H,2-3,8-11,15H2,1H3. The van der Waals surface area contributed by atoms with Gasteiger partial charge in [-0.2, -0.15) is 0 Å². The summed E-state index contributed by atoms with van der Waals surface area (Å²) in [6.45, 7) is 5.64. The normalized spacial score (nSPS) is 18.9. The van der Waals surface area contributed by atoms with Crippen LogP contribution in [0.15, 0.2) is 24.3 Å². The van der Waals surface area contributed by atoms with Crippen LogP contribution in [0.5, 0.6) is 0 Å². The van der Waals surface area contributed by atoms with Crippen LogP contribution < -0.4 is 5.73 Å². The summed E-state index contributed by atoms with van der Waals surface area (Å²) < 4.78 is 0. The predicted molar refractivity (Wildman–Crippen MR) is 68.5 cm³/mol. The van der Waals surface area contributed by atoms with E-state index in [1.54, 1.807) is 0 Å². The molecule has 1 aliphatic rings. The molecule has 1 aromatic rings. The molecule has 2 nitrogen and oxygen atoms in total. The molecule has 1 atom stereocenters. The molecule has 2 heteroatoms. The lowest BCUT2D eigenvalue weighted by atomic mass is 10.0. The zero-order chi connectivity index (χ0) is 11.4. The van der Waals surface area contributed by atoms with E-state index in [0.29, 0.717) is 0 Å². The van der Waals surface area contributed by atoms with Gasteiger partial charge in [-0.1, -0.05) is 29.8 Å². The molecule has 1 aromatic carbocycles. The highest BCUT2D eigenvalue weighted by Crippen LogP contribution is 2.10. The zero-order valence-corrected chi connectivity index (χ0v) is 10.2. The molecule has 0 aliphatic carbocycles. The Morgan fingerprint density at radius 2 is 1.81 bits per heavy atom. The molecule has 1 aliphatic heterocycles. The van der Waals surface area contributed by atoms with E-state index in [1.165, 1.54) is 37.1 Å². The van der Waals surface area contributed by atoms with E-state index in [4.69, 9.17) is 5.73 Å². The van der Waals surface area contributed by atoms with Gasteiger partial charge in [0, 0.05) is 12.6 Å². The Kier molecular flexibility index (Phi) is 3.97. The van der Waals surface area contributed by atoms with Gasteiger partial charge in [0.2, 0.25) is 0 Å². The van der Waals surface area contributed by atoms with Crippen LogP contribution in [-0.2, 0) is 6.42 Å². The summed E-state index contributed by atoms with van der Waals surface area (Å²) in [7, 11) is 0. The molecular weight excluding hydrogens is 196 g/mol. The topological polar surface area (TPSA) is 29.3 Å². The first-order chi connectivity index (χ1) is 7.74. The zero-order valence-electron chi connectivity index (χ0n) is 10.2. The molecule has 1 fully saturated rings. The van der Waals surface area contributed by atoms with E-state index in [9.17, 15) is 0 Å². The predicted octanol–water partition coefficient (Wildman–Crippen LogP) is 1.96. The summed E-state index contributed by atoms with van der Waals surface area (Å²) in [5.41, 5.74) is 8.86. The highest BCUT2D eigenvalue weighted by molar-refractivity contribution is 5.22. The van der Waals surface area contributed by atoms with Crippen molar-refractivity contribution in [1.82, 2.24) is 4.90 Å². The average molecular weight is 218 g/mol. The second kappa shape index (κ2) is 5.46. The molecule has 1 heterocycles. The lowest BCUT2D eigenvalue weighted by Crippen LogP contribution is -2.37. The van der Waals surface area contributed by atoms with Crippen molar-refractivity contribution in [1.29, 1.82) is 0 Å². The number of aryl methyl sites for hydroxylation is 1. The summed E-state index contributed by atoms with van der Waals surface area (Å²) in [5.74, 6) is 0. The third-order valence-corrected chi connectivity index (χ3v) is 3.31. The SMILES string of the molecule is Cc1ccc(CC(N)CN2CCCC2)cc1. The number of rotatable bonds is 4. The Morgan fingerprint density at radius 1 is 1.19 bits per heavy atom. The van der Waals surface area contributed by atoms with Crippen molar-refractivity contribution in [3.8, 4) is 0 Å². The Morgan fingerprint density at radius 3 is 2.44 bits per heavy atom. The van der Waals surface area contributed by atoms with Gasteiger partial charge in [0.15, 0.2) is 0 Å². The Labute approximate surface area is 98.4 Å². The molecular formula is C14H22N2. The molecule has 2 rings (SSSR count). The van der Waals surface area contributed by atoms with Gasteiger partial charge >= 0.3 is 0 Å². The van der Waals surface area contributed by atoms with Crippen LogP contribution in [0.1, 0.15) is 24.0 Å². The lowest BCUT2D eigenvalue weighted by molar-refractivity contribution is 0.313. The van der Waals surface area contributed by atoms with Gasteiger partial charge in [-0.25, -0.2) is 0 Å². The molecule has 0 aromatic heterocycles. The summed E-state index contributed by atoms with van der Waals surface area (Å²) in [5, 5.41) is 0. The third kappa shape index (κ3) is 3.32. The smallest absolute Gasteiger partial charge is 0.0208 e. The van der Waals surface area contributed by atoms with Crippen molar-refractivity contribution in [2.24, 2.45) is 5.73 Å². The first-order valence-corrected chi connectivity index (χ1v) is 6.27. The first kappa shape index (κ1) is 11.6. The van der Waals surface area contributed by atoms with Gasteiger partial charge in [-0.05, 0) is 44.8 Å². The first-order valence-electron chi connectivity index (χ1n) is 6.27. The second-order valence-electron chi connectivity index (χ2n) is 4.96. The fourth-order valence-electron chi connectivity index (χ4n) is 2.39. The number of nitrogens with two attached hydrogens (primary N) is 1. The van der Waals surface area contributed by atoms with Crippen LogP contribution in [0.2, 0.25) is 0 Å². The van der Waals surface area contributed by atoms with E-state index < -0.39 is 0 Å². The fraction of sp³-hybridized carbons (Fsp3) is 0.571. The van der Waals surface area contributed by atoms with Crippen molar-refractivity contribution < 1.29 is 0 Å². The molecule has 1 unspecified atom stereocenters. The minimum atomic E-state index is 0.279. The van der Waals surface area contributed by atoms with Crippen molar-refractivity contribution in [2.45, 2.75) is 32.2 Å². The average Bonchev–Trinajstić information content (AvgIpc) is 2.74. The van der Waals surface area contributed by atoms with Crippen molar-refractivity contribution >= 4 is 0 Å². The van der Waals surface area contributed by atoms with E-state index >= 15 is 0 Å². The van der Waals surface area contributed by atoms with E-state index in [2.05, 4.69) is 36.1 Å². The summed E-state index contributed by atoms with van der Waals surface area (Å²) in [4.78, 5) is 2.48. The van der Waals surface area contributed by atoms with E-state index in [-0.39, 0.29) is 6.04 Å². The molecule has 0 radical (unpaired) electrons. The minimum Gasteiger partial charge on any atom is -0.326 e. The molecule has 0 bridgehead atoms. The third-order valence-electron chi connectivity index (χ3n) is 3.31. The maximum absolute atomic E-state index is 6.18. The molecule has 0 saturated carbocycles. The lowest BCUT2D eigenvalue weighted by Gasteiger charge is -2.20. The van der Waals surface area contributed by atoms with Gasteiger partial charge < -0.3 is 10.6 Å². The highest BCUT2D eigenvalue weighted by Gasteiger charge is 2.14. The molecule has 16 heavy (non-hydrogen) atoms. The quantitative estimate of drug-likeness (QED) is 0.837. The van der Waals surface area contributed by atoms with Crippen LogP contribution in [0.3, 0.4) is 0 Å². The molecule has 1 saturated heterocycles. The maximum Gasteiger partial charge on any atom is 0.0208 e. The van der Waals surface area contributed by atoms with Gasteiger partial charge in [0.05, 0.1) is 0 Å². The summed E-state index contributed by atoms with van der Waals surface area (Å²) >= 11 is 0. The fourth-order valence-corrected chi connectivity index (χ4v) is 2.39. The summed E-state index contributed by atoms with van der Waals surface area (Å²) in [6, 6.07) is 8.99. The Balaban J connectivity index is 1.81. The Hall–Kier alpha value is -0.860. The Bertz CT molecular complexity index is 312. The van der Waals surface area contributed by atoms with Gasteiger partial charge in [-0.15, -0.1) is 0 Å². The van der Waals surface area contributed by atoms with Gasteiger partial charge in [0.1, 0.15) is 0 Å². The monoisotopic (exact) mass is 218 g/mol. The van der Waals surface area contributed by atoms with Crippen molar-refractivity contribution in [2.75, 3.05) is 19.6 Å². The van der Waals surface area contributed by atoms with E-state index in [1.807, 2.05) is 0 Å². The molecule has 88 valence electrons. The number of hydrogen-bond donors (Lipinski definition) is 1. The number of benzene rings is 1. The molecule has 0 amide bonds. The van der Waals surface area contributed by atoms with Gasteiger partial charge in [-0.3, -0.25) is 0 Å². The molecule has 0 spiro atoms. The van der Waals surface area contributed by atoms with Crippen LogP contribution in [0, 0.1) is 6.92 Å². The second-order valence-corrected chi connectivity index (χ2v) is 4.96. The number of likely N-dealkylation sites (tertiary alicyclic amines) is 1. The van der Waals surface area contributed by atoms with Crippen LogP contribution in [0.4, 0.5) is 0 Å². The van der Waals surface area contributed by atoms with Crippen molar-refractivity contribution in [3.63, 3.8) is 0 Å². The highest BCUT2D eigenvalue weighted by atomic mass is 15.1. The van der Waals surface area contributed by atoms with Crippen molar-refractivity contribution in [3.05, 3.63) is 35.4 Å². The van der Waals surface area contributed by atoms with Crippen LogP contribution >= 0.6 is 0 Å². The van der Waals surface area contributed by atoms with E-state index in [0.717, 1.165) is 13.0 Å². The van der Waals surface area contributed by atoms with Crippen LogP contribution in [0.25, 0.3) is 0 Å². The van der Waals surface area contributed by atoms with Crippen LogP contribution in [-0.4, -0.2) is 30.6 Å². The largest absolute Gasteiger partial charge is 0.326 e. The summed E-state index contributed by atoms with van der Waals surface area (Å²) in [6.07, 6.45) is 3.69. The molecule has 2 N–H and O–H groups in total. The maximum atomic E-state index is 6.18. The van der Waals surface area contributed by atoms with Gasteiger partial charge in [0.25, 0.3) is 0 Å².